The number of aryl methyl sites for hydroxylation is 1. The summed E-state index contributed by atoms with van der Waals surface area (Å²) in [5, 5.41) is 3.98. The Morgan fingerprint density at radius 1 is 0.638 bits per heavy atom. The van der Waals surface area contributed by atoms with Crippen LogP contribution in [0.5, 0.6) is 23.0 Å². The van der Waals surface area contributed by atoms with Crippen molar-refractivity contribution in [2.24, 2.45) is 0 Å². The lowest BCUT2D eigenvalue weighted by molar-refractivity contribution is -0.158. The van der Waals surface area contributed by atoms with Crippen LogP contribution in [0.1, 0.15) is 69.7 Å². The van der Waals surface area contributed by atoms with Crippen molar-refractivity contribution in [3.05, 3.63) is 107 Å². The van der Waals surface area contributed by atoms with Crippen LogP contribution in [-0.2, 0) is 19.1 Å². The highest BCUT2D eigenvalue weighted by molar-refractivity contribution is 5.96. The lowest BCUT2D eigenvalue weighted by atomic mass is 9.78. The fourth-order valence-corrected chi connectivity index (χ4v) is 6.05. The third-order valence-electron chi connectivity index (χ3n) is 7.71. The van der Waals surface area contributed by atoms with Crippen molar-refractivity contribution in [3.8, 4) is 23.0 Å². The Kier molecular flexibility index (Phi) is 8.35. The number of esters is 2. The van der Waals surface area contributed by atoms with E-state index in [1.807, 2.05) is 102 Å². The summed E-state index contributed by atoms with van der Waals surface area (Å²) in [5.74, 6) is 1.76. The van der Waals surface area contributed by atoms with E-state index in [0.717, 1.165) is 55.3 Å². The second-order valence-electron chi connectivity index (χ2n) is 13.9. The SMILES string of the molecule is Cc1cccc(C2c3c(ccc4cc(OCC(=O)OC(C)(C)C)ccc34)Oc3ccc4cc(OCC(=O)OC(C)(C)C)ccc4c32)c1. The molecule has 0 spiro atoms. The van der Waals surface area contributed by atoms with Crippen LogP contribution >= 0.6 is 0 Å². The van der Waals surface area contributed by atoms with E-state index in [1.165, 1.54) is 0 Å². The zero-order chi connectivity index (χ0) is 33.5. The van der Waals surface area contributed by atoms with Crippen LogP contribution < -0.4 is 14.2 Å². The maximum atomic E-state index is 12.3. The first kappa shape index (κ1) is 31.9. The van der Waals surface area contributed by atoms with Gasteiger partial charge in [-0.1, -0.05) is 54.1 Å². The van der Waals surface area contributed by atoms with Crippen LogP contribution in [0.3, 0.4) is 0 Å². The van der Waals surface area contributed by atoms with Gasteiger partial charge < -0.3 is 23.7 Å². The first-order valence-electron chi connectivity index (χ1n) is 15.8. The molecule has 0 aliphatic carbocycles. The second-order valence-corrected chi connectivity index (χ2v) is 13.9. The minimum absolute atomic E-state index is 0.136. The zero-order valence-electron chi connectivity index (χ0n) is 27.9. The molecule has 6 rings (SSSR count). The van der Waals surface area contributed by atoms with E-state index in [1.54, 1.807) is 0 Å². The van der Waals surface area contributed by atoms with E-state index in [-0.39, 0.29) is 19.1 Å². The van der Waals surface area contributed by atoms with Gasteiger partial charge in [-0.05, 0) is 112 Å². The molecule has 7 heteroatoms. The molecule has 0 amide bonds. The monoisotopic (exact) mass is 632 g/mol. The van der Waals surface area contributed by atoms with Gasteiger partial charge in [0.2, 0.25) is 0 Å². The van der Waals surface area contributed by atoms with Gasteiger partial charge in [0.15, 0.2) is 13.2 Å². The fraction of sp³-hybridized carbons (Fsp3) is 0.300. The largest absolute Gasteiger partial charge is 0.482 e. The summed E-state index contributed by atoms with van der Waals surface area (Å²) in [5.41, 5.74) is 3.25. The Hall–Kier alpha value is -5.04. The molecule has 242 valence electrons. The molecule has 5 aromatic rings. The van der Waals surface area contributed by atoms with Gasteiger partial charge in [0.05, 0.1) is 0 Å². The highest BCUT2D eigenvalue weighted by Gasteiger charge is 2.32. The molecule has 0 saturated carbocycles. The van der Waals surface area contributed by atoms with Crippen LogP contribution in [0.2, 0.25) is 0 Å². The Morgan fingerprint density at radius 3 is 1.57 bits per heavy atom. The number of hydrogen-bond acceptors (Lipinski definition) is 7. The van der Waals surface area contributed by atoms with Gasteiger partial charge in [-0.2, -0.15) is 0 Å². The highest BCUT2D eigenvalue weighted by Crippen LogP contribution is 2.52. The van der Waals surface area contributed by atoms with Crippen LogP contribution in [-0.4, -0.2) is 36.4 Å². The molecule has 0 aromatic heterocycles. The molecule has 0 atom stereocenters. The topological polar surface area (TPSA) is 80.3 Å². The smallest absolute Gasteiger partial charge is 0.344 e. The first-order chi connectivity index (χ1) is 22.2. The average Bonchev–Trinajstić information content (AvgIpc) is 2.99. The quantitative estimate of drug-likeness (QED) is 0.163. The predicted octanol–water partition coefficient (Wildman–Crippen LogP) is 9.03. The van der Waals surface area contributed by atoms with Crippen LogP contribution in [0, 0.1) is 6.92 Å². The maximum absolute atomic E-state index is 12.3. The van der Waals surface area contributed by atoms with Gasteiger partial charge in [0, 0.05) is 17.0 Å². The van der Waals surface area contributed by atoms with Gasteiger partial charge in [-0.25, -0.2) is 9.59 Å². The number of carbonyl (C=O) groups excluding carboxylic acids is 2. The molecule has 0 saturated heterocycles. The third kappa shape index (κ3) is 7.19. The number of benzene rings is 5. The third-order valence-corrected chi connectivity index (χ3v) is 7.71. The van der Waals surface area contributed by atoms with Crippen molar-refractivity contribution in [1.29, 1.82) is 0 Å². The van der Waals surface area contributed by atoms with E-state index in [9.17, 15) is 9.59 Å². The first-order valence-corrected chi connectivity index (χ1v) is 15.8. The highest BCUT2D eigenvalue weighted by atomic mass is 16.6. The molecule has 0 bridgehead atoms. The van der Waals surface area contributed by atoms with E-state index in [2.05, 4.69) is 31.2 Å². The van der Waals surface area contributed by atoms with Crippen molar-refractivity contribution < 1.29 is 33.3 Å². The molecule has 0 N–H and O–H groups in total. The number of ether oxygens (including phenoxy) is 5. The van der Waals surface area contributed by atoms with Crippen molar-refractivity contribution in [3.63, 3.8) is 0 Å². The summed E-state index contributed by atoms with van der Waals surface area (Å²) in [6.45, 7) is 12.7. The Balaban J connectivity index is 1.39. The van der Waals surface area contributed by atoms with Crippen molar-refractivity contribution >= 4 is 33.5 Å². The molecule has 5 aromatic carbocycles. The fourth-order valence-electron chi connectivity index (χ4n) is 6.05. The molecule has 1 heterocycles. The molecule has 0 unspecified atom stereocenters. The molecule has 0 fully saturated rings. The van der Waals surface area contributed by atoms with Crippen LogP contribution in [0.4, 0.5) is 0 Å². The lowest BCUT2D eigenvalue weighted by Gasteiger charge is -2.31. The average molecular weight is 633 g/mol. The Labute approximate surface area is 275 Å². The Bertz CT molecular complexity index is 1870. The number of fused-ring (bicyclic) bond motifs is 6. The molecule has 47 heavy (non-hydrogen) atoms. The summed E-state index contributed by atoms with van der Waals surface area (Å²) >= 11 is 0. The van der Waals surface area contributed by atoms with Crippen molar-refractivity contribution in [2.75, 3.05) is 13.2 Å². The molecular weight excluding hydrogens is 592 g/mol. The van der Waals surface area contributed by atoms with E-state index >= 15 is 0 Å². The summed E-state index contributed by atoms with van der Waals surface area (Å²) in [7, 11) is 0. The van der Waals surface area contributed by atoms with Crippen molar-refractivity contribution in [2.45, 2.75) is 65.6 Å². The predicted molar refractivity (Wildman–Crippen MR) is 183 cm³/mol. The molecule has 0 radical (unpaired) electrons. The number of hydrogen-bond donors (Lipinski definition) is 0. The van der Waals surface area contributed by atoms with E-state index < -0.39 is 23.1 Å². The Morgan fingerprint density at radius 2 is 1.13 bits per heavy atom. The van der Waals surface area contributed by atoms with Gasteiger partial charge in [0.25, 0.3) is 0 Å². The summed E-state index contributed by atoms with van der Waals surface area (Å²) in [6.07, 6.45) is 0. The normalized spacial score (nSPS) is 13.0. The summed E-state index contributed by atoms with van der Waals surface area (Å²) in [6, 6.07) is 28.3. The summed E-state index contributed by atoms with van der Waals surface area (Å²) < 4.78 is 29.1. The maximum Gasteiger partial charge on any atom is 0.344 e. The van der Waals surface area contributed by atoms with E-state index in [4.69, 9.17) is 23.7 Å². The van der Waals surface area contributed by atoms with Crippen LogP contribution in [0.15, 0.2) is 84.9 Å². The molecular formula is C40H40O7. The number of carbonyl (C=O) groups is 2. The van der Waals surface area contributed by atoms with E-state index in [0.29, 0.717) is 11.5 Å². The lowest BCUT2D eigenvalue weighted by Crippen LogP contribution is -2.27. The number of rotatable bonds is 7. The zero-order valence-corrected chi connectivity index (χ0v) is 27.9. The summed E-state index contributed by atoms with van der Waals surface area (Å²) in [4.78, 5) is 24.6. The molecule has 1 aliphatic heterocycles. The molecule has 1 aliphatic rings. The minimum Gasteiger partial charge on any atom is -0.482 e. The molecule has 7 nitrogen and oxygen atoms in total. The van der Waals surface area contributed by atoms with Gasteiger partial charge in [-0.3, -0.25) is 0 Å². The second kappa shape index (κ2) is 12.3. The van der Waals surface area contributed by atoms with Gasteiger partial charge in [0.1, 0.15) is 34.2 Å². The minimum atomic E-state index is -0.581. The van der Waals surface area contributed by atoms with Crippen LogP contribution in [0.25, 0.3) is 21.5 Å². The standard InChI is InChI=1S/C40H40O7/c1-24-9-8-10-27(19-24)36-37-30-15-13-28(43-22-34(41)46-39(2,3)4)20-25(30)11-17-32(37)45-33-18-12-26-21-29(14-16-31(26)38(33)36)44-23-35(42)47-40(5,6)7/h8-21,36H,22-23H2,1-7H3. The van der Waals surface area contributed by atoms with Gasteiger partial charge >= 0.3 is 11.9 Å². The van der Waals surface area contributed by atoms with Crippen molar-refractivity contribution in [1.82, 2.24) is 0 Å². The van der Waals surface area contributed by atoms with Gasteiger partial charge in [-0.15, -0.1) is 0 Å².